The van der Waals surface area contributed by atoms with Gasteiger partial charge in [0.15, 0.2) is 11.5 Å². The molecule has 0 aliphatic carbocycles. The fourth-order valence-corrected chi connectivity index (χ4v) is 4.25. The van der Waals surface area contributed by atoms with Crippen LogP contribution in [0.3, 0.4) is 0 Å². The fraction of sp³-hybridized carbons (Fsp3) is 0.480. The molecule has 1 saturated heterocycles. The largest absolute Gasteiger partial charge is 0.504 e. The van der Waals surface area contributed by atoms with Crippen LogP contribution in [0.5, 0.6) is 23.0 Å². The number of nitrogens with one attached hydrogen (secondary N) is 1. The van der Waals surface area contributed by atoms with Gasteiger partial charge in [0.2, 0.25) is 5.91 Å². The van der Waals surface area contributed by atoms with E-state index in [0.717, 1.165) is 49.2 Å². The molecule has 1 heterocycles. The van der Waals surface area contributed by atoms with Crippen molar-refractivity contribution in [2.75, 3.05) is 34.4 Å². The van der Waals surface area contributed by atoms with Crippen molar-refractivity contribution in [1.82, 2.24) is 10.2 Å². The number of aromatic hydroxyl groups is 1. The van der Waals surface area contributed by atoms with Crippen molar-refractivity contribution < 1.29 is 24.1 Å². The number of carbonyl (C=O) groups is 1. The van der Waals surface area contributed by atoms with Gasteiger partial charge in [0.25, 0.3) is 0 Å². The van der Waals surface area contributed by atoms with Gasteiger partial charge in [-0.15, -0.1) is 0 Å². The number of nitrogens with zero attached hydrogens (tertiary/aromatic N) is 1. The second-order valence-electron chi connectivity index (χ2n) is 8.20. The molecule has 1 atom stereocenters. The summed E-state index contributed by atoms with van der Waals surface area (Å²) in [6, 6.07) is 11.2. The number of phenols is 1. The summed E-state index contributed by atoms with van der Waals surface area (Å²) in [5.74, 6) is 2.66. The third-order valence-corrected chi connectivity index (χ3v) is 6.05. The molecule has 0 spiro atoms. The van der Waals surface area contributed by atoms with E-state index >= 15 is 0 Å². The lowest BCUT2D eigenvalue weighted by Crippen LogP contribution is -2.35. The van der Waals surface area contributed by atoms with Gasteiger partial charge in [-0.2, -0.15) is 0 Å². The topological polar surface area (TPSA) is 80.3 Å². The van der Waals surface area contributed by atoms with Gasteiger partial charge in [0.05, 0.1) is 21.3 Å². The number of phenolic OH excluding ortho intramolecular Hbond substituents is 1. The van der Waals surface area contributed by atoms with Gasteiger partial charge in [-0.3, -0.25) is 9.69 Å². The van der Waals surface area contributed by atoms with Crippen LogP contribution in [0.25, 0.3) is 0 Å². The van der Waals surface area contributed by atoms with Crippen LogP contribution >= 0.6 is 0 Å². The smallest absolute Gasteiger partial charge is 0.220 e. The number of ether oxygens (including phenoxy) is 3. The van der Waals surface area contributed by atoms with Gasteiger partial charge < -0.3 is 24.6 Å². The average Bonchev–Trinajstić information content (AvgIpc) is 2.82. The summed E-state index contributed by atoms with van der Waals surface area (Å²) in [6.07, 6.45) is 3.58. The summed E-state index contributed by atoms with van der Waals surface area (Å²) in [5, 5.41) is 13.4. The zero-order valence-electron chi connectivity index (χ0n) is 19.2. The molecule has 174 valence electrons. The Morgan fingerprint density at radius 3 is 2.66 bits per heavy atom. The highest BCUT2D eigenvalue weighted by atomic mass is 16.5. The third-order valence-electron chi connectivity index (χ3n) is 6.05. The van der Waals surface area contributed by atoms with Crippen molar-refractivity contribution in [3.05, 3.63) is 47.5 Å². The number of para-hydroxylation sites is 1. The molecule has 0 bridgehead atoms. The lowest BCUT2D eigenvalue weighted by atomic mass is 9.93. The molecule has 2 N–H and O–H groups in total. The predicted octanol–water partition coefficient (Wildman–Crippen LogP) is 3.73. The highest BCUT2D eigenvalue weighted by Gasteiger charge is 2.22. The molecular weight excluding hydrogens is 408 g/mol. The van der Waals surface area contributed by atoms with E-state index in [-0.39, 0.29) is 11.7 Å². The van der Waals surface area contributed by atoms with Gasteiger partial charge in [-0.1, -0.05) is 12.1 Å². The number of hydrogen-bond acceptors (Lipinski definition) is 6. The highest BCUT2D eigenvalue weighted by molar-refractivity contribution is 5.75. The summed E-state index contributed by atoms with van der Waals surface area (Å²) in [4.78, 5) is 14.8. The molecule has 0 saturated carbocycles. The summed E-state index contributed by atoms with van der Waals surface area (Å²) in [7, 11) is 4.79. The van der Waals surface area contributed by atoms with Crippen LogP contribution in [0.4, 0.5) is 0 Å². The quantitative estimate of drug-likeness (QED) is 0.584. The Bertz CT molecular complexity index is 902. The molecule has 0 radical (unpaired) electrons. The van der Waals surface area contributed by atoms with E-state index in [1.165, 1.54) is 0 Å². The van der Waals surface area contributed by atoms with Gasteiger partial charge in [-0.25, -0.2) is 0 Å². The maximum atomic E-state index is 12.4. The van der Waals surface area contributed by atoms with Crippen LogP contribution in [-0.4, -0.2) is 50.3 Å². The Kier molecular flexibility index (Phi) is 8.62. The van der Waals surface area contributed by atoms with E-state index in [4.69, 9.17) is 14.2 Å². The first kappa shape index (κ1) is 23.7. The number of likely N-dealkylation sites (tertiary alicyclic amines) is 1. The second-order valence-corrected chi connectivity index (χ2v) is 8.20. The van der Waals surface area contributed by atoms with Crippen LogP contribution < -0.4 is 19.5 Å². The van der Waals surface area contributed by atoms with E-state index in [1.807, 2.05) is 30.3 Å². The minimum atomic E-state index is 0.0467. The van der Waals surface area contributed by atoms with Crippen molar-refractivity contribution >= 4 is 5.91 Å². The van der Waals surface area contributed by atoms with Gasteiger partial charge in [-0.05, 0) is 49.9 Å². The molecule has 7 heteroatoms. The van der Waals surface area contributed by atoms with Crippen LogP contribution in [0.2, 0.25) is 0 Å². The minimum absolute atomic E-state index is 0.0467. The highest BCUT2D eigenvalue weighted by Crippen LogP contribution is 2.31. The van der Waals surface area contributed by atoms with E-state index < -0.39 is 0 Å². The fourth-order valence-electron chi connectivity index (χ4n) is 4.25. The monoisotopic (exact) mass is 442 g/mol. The Labute approximate surface area is 190 Å². The van der Waals surface area contributed by atoms with E-state index in [2.05, 4.69) is 10.2 Å². The van der Waals surface area contributed by atoms with E-state index in [0.29, 0.717) is 36.9 Å². The predicted molar refractivity (Wildman–Crippen MR) is 123 cm³/mol. The molecule has 2 aromatic rings. The number of amides is 1. The van der Waals surface area contributed by atoms with Gasteiger partial charge in [0.1, 0.15) is 11.5 Å². The van der Waals surface area contributed by atoms with Crippen molar-refractivity contribution in [3.8, 4) is 23.0 Å². The molecule has 32 heavy (non-hydrogen) atoms. The van der Waals surface area contributed by atoms with E-state index in [1.54, 1.807) is 27.4 Å². The van der Waals surface area contributed by atoms with Gasteiger partial charge in [0, 0.05) is 43.2 Å². The number of benzene rings is 2. The zero-order chi connectivity index (χ0) is 22.9. The lowest BCUT2D eigenvalue weighted by Gasteiger charge is -2.33. The maximum Gasteiger partial charge on any atom is 0.220 e. The Morgan fingerprint density at radius 1 is 1.09 bits per heavy atom. The lowest BCUT2D eigenvalue weighted by molar-refractivity contribution is -0.121. The summed E-state index contributed by atoms with van der Waals surface area (Å²) in [6.45, 7) is 3.04. The third kappa shape index (κ3) is 6.29. The Morgan fingerprint density at radius 2 is 1.91 bits per heavy atom. The van der Waals surface area contributed by atoms with Gasteiger partial charge >= 0.3 is 0 Å². The first-order chi connectivity index (χ1) is 15.5. The molecule has 0 aromatic heterocycles. The van der Waals surface area contributed by atoms with Crippen molar-refractivity contribution in [1.29, 1.82) is 0 Å². The average molecular weight is 443 g/mol. The standard InChI is InChI=1S/C25H34N2O5/c1-30-21-11-10-19(23(14-21)32-3)15-26-24(28)12-9-18-6-5-13-27(16-18)17-20-7-4-8-22(31-2)25(20)29/h4,7-8,10-11,14,18,29H,5-6,9,12-13,15-17H2,1-3H3,(H,26,28)/t18-/m1/s1. The first-order valence-corrected chi connectivity index (χ1v) is 11.1. The summed E-state index contributed by atoms with van der Waals surface area (Å²) >= 11 is 0. The normalized spacial score (nSPS) is 16.4. The molecule has 7 nitrogen and oxygen atoms in total. The summed E-state index contributed by atoms with van der Waals surface area (Å²) < 4.78 is 15.8. The van der Waals surface area contributed by atoms with Crippen molar-refractivity contribution in [3.63, 3.8) is 0 Å². The Hall–Kier alpha value is -2.93. The molecule has 1 fully saturated rings. The molecular formula is C25H34N2O5. The van der Waals surface area contributed by atoms with Crippen molar-refractivity contribution in [2.45, 2.75) is 38.8 Å². The maximum absolute atomic E-state index is 12.4. The zero-order valence-corrected chi connectivity index (χ0v) is 19.2. The minimum Gasteiger partial charge on any atom is -0.504 e. The van der Waals surface area contributed by atoms with Crippen molar-refractivity contribution in [2.24, 2.45) is 5.92 Å². The number of carbonyl (C=O) groups excluding carboxylic acids is 1. The molecule has 1 amide bonds. The van der Waals surface area contributed by atoms with Crippen LogP contribution in [0.15, 0.2) is 36.4 Å². The first-order valence-electron chi connectivity index (χ1n) is 11.1. The molecule has 3 rings (SSSR count). The molecule has 2 aromatic carbocycles. The number of hydrogen-bond donors (Lipinski definition) is 2. The van der Waals surface area contributed by atoms with Crippen LogP contribution in [-0.2, 0) is 17.9 Å². The summed E-state index contributed by atoms with van der Waals surface area (Å²) in [5.41, 5.74) is 1.79. The molecule has 1 aliphatic heterocycles. The molecule has 0 unspecified atom stereocenters. The number of rotatable bonds is 10. The SMILES string of the molecule is COc1ccc(CNC(=O)CC[C@H]2CCCN(Cc3cccc(OC)c3O)C2)c(OC)c1. The molecule has 1 aliphatic rings. The number of piperidine rings is 1. The van der Waals surface area contributed by atoms with E-state index in [9.17, 15) is 9.90 Å². The Balaban J connectivity index is 1.46. The number of methoxy groups -OCH3 is 3. The second kappa shape index (κ2) is 11.6. The van der Waals surface area contributed by atoms with Crippen LogP contribution in [0, 0.1) is 5.92 Å². The van der Waals surface area contributed by atoms with Crippen LogP contribution in [0.1, 0.15) is 36.8 Å².